The number of hydrogen-bond acceptors (Lipinski definition) is 3. The Balaban J connectivity index is 2.27. The SMILES string of the molecule is Cn1cccc1N(CC(F)(F)F)C1=NCCO1. The fourth-order valence-corrected chi connectivity index (χ4v) is 1.65. The highest BCUT2D eigenvalue weighted by molar-refractivity contribution is 5.91. The van der Waals surface area contributed by atoms with Crippen molar-refractivity contribution in [3.63, 3.8) is 0 Å². The zero-order valence-electron chi connectivity index (χ0n) is 9.24. The average molecular weight is 247 g/mol. The van der Waals surface area contributed by atoms with Crippen LogP contribution in [0.3, 0.4) is 0 Å². The third-order valence-corrected chi connectivity index (χ3v) is 2.33. The molecule has 0 unspecified atom stereocenters. The van der Waals surface area contributed by atoms with E-state index in [0.29, 0.717) is 19.0 Å². The summed E-state index contributed by atoms with van der Waals surface area (Å²) >= 11 is 0. The second-order valence-corrected chi connectivity index (χ2v) is 3.69. The van der Waals surface area contributed by atoms with E-state index < -0.39 is 12.7 Å². The first-order valence-corrected chi connectivity index (χ1v) is 5.10. The molecule has 17 heavy (non-hydrogen) atoms. The van der Waals surface area contributed by atoms with Crippen LogP contribution in [0.4, 0.5) is 19.0 Å². The lowest BCUT2D eigenvalue weighted by atomic mass is 10.5. The summed E-state index contributed by atoms with van der Waals surface area (Å²) in [5, 5.41) is 0. The van der Waals surface area contributed by atoms with E-state index in [-0.39, 0.29) is 6.02 Å². The lowest BCUT2D eigenvalue weighted by Gasteiger charge is -2.24. The summed E-state index contributed by atoms with van der Waals surface area (Å²) in [6, 6.07) is 3.30. The standard InChI is InChI=1S/C10H12F3N3O/c1-15-5-2-3-8(15)16(7-10(11,12)13)9-14-4-6-17-9/h2-3,5H,4,6-7H2,1H3. The first-order valence-electron chi connectivity index (χ1n) is 5.10. The van der Waals surface area contributed by atoms with Crippen molar-refractivity contribution in [2.75, 3.05) is 24.6 Å². The van der Waals surface area contributed by atoms with Gasteiger partial charge in [0.2, 0.25) is 0 Å². The molecule has 7 heteroatoms. The van der Waals surface area contributed by atoms with Gasteiger partial charge in [0.25, 0.3) is 6.02 Å². The van der Waals surface area contributed by atoms with Crippen LogP contribution < -0.4 is 4.90 Å². The number of alkyl halides is 3. The van der Waals surface area contributed by atoms with Crippen molar-refractivity contribution in [1.29, 1.82) is 0 Å². The maximum Gasteiger partial charge on any atom is 0.406 e. The van der Waals surface area contributed by atoms with Crippen molar-refractivity contribution in [1.82, 2.24) is 4.57 Å². The fraction of sp³-hybridized carbons (Fsp3) is 0.500. The lowest BCUT2D eigenvalue weighted by Crippen LogP contribution is -2.40. The maximum absolute atomic E-state index is 12.5. The number of nitrogens with zero attached hydrogens (tertiary/aromatic N) is 3. The van der Waals surface area contributed by atoms with Crippen molar-refractivity contribution in [2.45, 2.75) is 6.18 Å². The lowest BCUT2D eigenvalue weighted by molar-refractivity contribution is -0.118. The first-order chi connectivity index (χ1) is 7.97. The van der Waals surface area contributed by atoms with Gasteiger partial charge in [0.1, 0.15) is 19.0 Å². The van der Waals surface area contributed by atoms with Crippen molar-refractivity contribution < 1.29 is 17.9 Å². The molecule has 0 N–H and O–H groups in total. The van der Waals surface area contributed by atoms with Gasteiger partial charge >= 0.3 is 6.18 Å². The van der Waals surface area contributed by atoms with Gasteiger partial charge in [-0.3, -0.25) is 4.90 Å². The van der Waals surface area contributed by atoms with Crippen LogP contribution in [0.1, 0.15) is 0 Å². The minimum atomic E-state index is -4.31. The highest BCUT2D eigenvalue weighted by atomic mass is 19.4. The molecule has 0 aliphatic carbocycles. The summed E-state index contributed by atoms with van der Waals surface area (Å²) in [6.45, 7) is -0.383. The molecule has 0 atom stereocenters. The van der Waals surface area contributed by atoms with Gasteiger partial charge in [0, 0.05) is 13.2 Å². The number of aromatic nitrogens is 1. The molecule has 4 nitrogen and oxygen atoms in total. The van der Waals surface area contributed by atoms with Crippen molar-refractivity contribution >= 4 is 11.8 Å². The van der Waals surface area contributed by atoms with Crippen LogP contribution in [0.25, 0.3) is 0 Å². The number of halogens is 3. The molecule has 0 bridgehead atoms. The highest BCUT2D eigenvalue weighted by Gasteiger charge is 2.35. The van der Waals surface area contributed by atoms with Crippen LogP contribution in [-0.2, 0) is 11.8 Å². The van der Waals surface area contributed by atoms with Gasteiger partial charge in [0.05, 0.1) is 6.54 Å². The van der Waals surface area contributed by atoms with E-state index in [4.69, 9.17) is 4.74 Å². The second kappa shape index (κ2) is 4.31. The number of hydrogen-bond donors (Lipinski definition) is 0. The maximum atomic E-state index is 12.5. The summed E-state index contributed by atoms with van der Waals surface area (Å²) < 4.78 is 44.3. The predicted molar refractivity (Wildman–Crippen MR) is 57.1 cm³/mol. The quantitative estimate of drug-likeness (QED) is 0.797. The Hall–Kier alpha value is -1.66. The summed E-state index contributed by atoms with van der Waals surface area (Å²) in [4.78, 5) is 4.96. The van der Waals surface area contributed by atoms with Crippen LogP contribution in [0.15, 0.2) is 23.3 Å². The monoisotopic (exact) mass is 247 g/mol. The molecule has 2 heterocycles. The normalized spacial score (nSPS) is 15.6. The zero-order chi connectivity index (χ0) is 12.5. The van der Waals surface area contributed by atoms with Crippen LogP contribution in [0, 0.1) is 0 Å². The Kier molecular flexibility index (Phi) is 2.99. The Bertz CT molecular complexity index is 425. The largest absolute Gasteiger partial charge is 0.463 e. The molecule has 1 aromatic rings. The van der Waals surface area contributed by atoms with E-state index in [1.165, 1.54) is 0 Å². The second-order valence-electron chi connectivity index (χ2n) is 3.69. The van der Waals surface area contributed by atoms with Crippen LogP contribution in [0.5, 0.6) is 0 Å². The van der Waals surface area contributed by atoms with E-state index in [0.717, 1.165) is 4.90 Å². The van der Waals surface area contributed by atoms with Gasteiger partial charge in [-0.1, -0.05) is 0 Å². The predicted octanol–water partition coefficient (Wildman–Crippen LogP) is 1.78. The van der Waals surface area contributed by atoms with Crippen LogP contribution >= 0.6 is 0 Å². The van der Waals surface area contributed by atoms with E-state index >= 15 is 0 Å². The smallest absolute Gasteiger partial charge is 0.406 e. The molecule has 0 amide bonds. The van der Waals surface area contributed by atoms with Crippen LogP contribution in [0.2, 0.25) is 0 Å². The zero-order valence-corrected chi connectivity index (χ0v) is 9.24. The number of aryl methyl sites for hydroxylation is 1. The summed E-state index contributed by atoms with van der Waals surface area (Å²) in [7, 11) is 1.67. The number of ether oxygens (including phenoxy) is 1. The van der Waals surface area contributed by atoms with Gasteiger partial charge in [-0.15, -0.1) is 0 Å². The molecule has 1 aromatic heterocycles. The Labute approximate surface area is 96.3 Å². The van der Waals surface area contributed by atoms with E-state index in [2.05, 4.69) is 4.99 Å². The Morgan fingerprint density at radius 3 is 2.76 bits per heavy atom. The van der Waals surface area contributed by atoms with Gasteiger partial charge in [0.15, 0.2) is 0 Å². The topological polar surface area (TPSA) is 29.8 Å². The molecule has 0 spiro atoms. The Morgan fingerprint density at radius 1 is 1.53 bits per heavy atom. The van der Waals surface area contributed by atoms with Gasteiger partial charge < -0.3 is 9.30 Å². The number of aliphatic imine (C=N–C) groups is 1. The third kappa shape index (κ3) is 2.72. The average Bonchev–Trinajstić information content (AvgIpc) is 2.83. The van der Waals surface area contributed by atoms with Crippen molar-refractivity contribution in [3.8, 4) is 0 Å². The highest BCUT2D eigenvalue weighted by Crippen LogP contribution is 2.23. The van der Waals surface area contributed by atoms with Gasteiger partial charge in [-0.25, -0.2) is 4.99 Å². The van der Waals surface area contributed by atoms with E-state index in [1.807, 2.05) is 0 Å². The minimum absolute atomic E-state index is 0.0316. The molecule has 0 aromatic carbocycles. The van der Waals surface area contributed by atoms with E-state index in [9.17, 15) is 13.2 Å². The molecule has 2 rings (SSSR count). The summed E-state index contributed by atoms with van der Waals surface area (Å²) in [5.41, 5.74) is 0. The number of rotatable bonds is 2. The summed E-state index contributed by atoms with van der Waals surface area (Å²) in [6.07, 6.45) is -2.63. The molecule has 1 aliphatic rings. The van der Waals surface area contributed by atoms with Crippen molar-refractivity contribution in [2.24, 2.45) is 12.0 Å². The molecule has 0 radical (unpaired) electrons. The number of amidine groups is 1. The van der Waals surface area contributed by atoms with Crippen LogP contribution in [-0.4, -0.2) is 36.5 Å². The Morgan fingerprint density at radius 2 is 2.29 bits per heavy atom. The fourth-order valence-electron chi connectivity index (χ4n) is 1.65. The van der Waals surface area contributed by atoms with Gasteiger partial charge in [-0.05, 0) is 12.1 Å². The first kappa shape index (κ1) is 11.8. The minimum Gasteiger partial charge on any atom is -0.463 e. The number of anilines is 1. The van der Waals surface area contributed by atoms with Gasteiger partial charge in [-0.2, -0.15) is 13.2 Å². The molecule has 1 aliphatic heterocycles. The van der Waals surface area contributed by atoms with E-state index in [1.54, 1.807) is 29.9 Å². The molecule has 0 fully saturated rings. The molecule has 0 saturated carbocycles. The molecular formula is C10H12F3N3O. The molecule has 94 valence electrons. The van der Waals surface area contributed by atoms with Crippen molar-refractivity contribution in [3.05, 3.63) is 18.3 Å². The third-order valence-electron chi connectivity index (χ3n) is 2.33. The molecule has 0 saturated heterocycles. The summed E-state index contributed by atoms with van der Waals surface area (Å²) in [5.74, 6) is 0.406. The molecular weight excluding hydrogens is 235 g/mol.